The van der Waals surface area contributed by atoms with Crippen LogP contribution in [0.15, 0.2) is 30.9 Å². The average molecular weight is 176 g/mol. The minimum atomic E-state index is 0.719. The Morgan fingerprint density at radius 2 is 2.38 bits per heavy atom. The van der Waals surface area contributed by atoms with Gasteiger partial charge in [0.1, 0.15) is 0 Å². The Kier molecular flexibility index (Phi) is 2.80. The molecule has 1 unspecified atom stereocenters. The highest BCUT2D eigenvalue weighted by atomic mass is 15.0. The molecule has 0 radical (unpaired) electrons. The quantitative estimate of drug-likeness (QED) is 0.633. The predicted molar refractivity (Wildman–Crippen MR) is 53.3 cm³/mol. The van der Waals surface area contributed by atoms with Crippen LogP contribution in [0, 0.1) is 5.92 Å². The molecule has 1 aliphatic carbocycles. The number of aromatic nitrogens is 2. The van der Waals surface area contributed by atoms with Gasteiger partial charge in [0.25, 0.3) is 0 Å². The van der Waals surface area contributed by atoms with Gasteiger partial charge < -0.3 is 4.57 Å². The van der Waals surface area contributed by atoms with Crippen molar-refractivity contribution < 1.29 is 0 Å². The summed E-state index contributed by atoms with van der Waals surface area (Å²) in [5, 5.41) is 0. The molecule has 13 heavy (non-hydrogen) atoms. The molecule has 2 rings (SSSR count). The first kappa shape index (κ1) is 8.54. The number of hydrogen-bond donors (Lipinski definition) is 0. The second kappa shape index (κ2) is 4.26. The molecule has 2 heteroatoms. The normalized spacial score (nSPS) is 22.9. The maximum absolute atomic E-state index is 4.05. The first-order valence-corrected chi connectivity index (χ1v) is 5.07. The van der Waals surface area contributed by atoms with Crippen LogP contribution >= 0.6 is 0 Å². The number of hydrogen-bond acceptors (Lipinski definition) is 1. The van der Waals surface area contributed by atoms with Crippen LogP contribution in [0.2, 0.25) is 0 Å². The van der Waals surface area contributed by atoms with E-state index in [-0.39, 0.29) is 0 Å². The minimum Gasteiger partial charge on any atom is -0.337 e. The van der Waals surface area contributed by atoms with E-state index in [2.05, 4.69) is 21.7 Å². The first-order valence-electron chi connectivity index (χ1n) is 5.07. The number of nitrogens with zero attached hydrogens (tertiary/aromatic N) is 2. The smallest absolute Gasteiger partial charge is 0.0946 e. The lowest BCUT2D eigenvalue weighted by atomic mass is 10.0. The summed E-state index contributed by atoms with van der Waals surface area (Å²) in [4.78, 5) is 4.05. The van der Waals surface area contributed by atoms with Gasteiger partial charge in [-0.1, -0.05) is 18.6 Å². The van der Waals surface area contributed by atoms with Gasteiger partial charge in [-0.2, -0.15) is 0 Å². The van der Waals surface area contributed by atoms with Crippen LogP contribution in [0.5, 0.6) is 0 Å². The zero-order chi connectivity index (χ0) is 8.93. The van der Waals surface area contributed by atoms with Crippen molar-refractivity contribution in [2.24, 2.45) is 5.92 Å². The number of imidazole rings is 1. The van der Waals surface area contributed by atoms with Gasteiger partial charge in [0, 0.05) is 18.9 Å². The van der Waals surface area contributed by atoms with E-state index in [4.69, 9.17) is 0 Å². The van der Waals surface area contributed by atoms with E-state index in [0.29, 0.717) is 0 Å². The molecule has 0 aromatic carbocycles. The van der Waals surface area contributed by atoms with Gasteiger partial charge >= 0.3 is 0 Å². The van der Waals surface area contributed by atoms with Crippen molar-refractivity contribution in [1.29, 1.82) is 0 Å². The van der Waals surface area contributed by atoms with Crippen LogP contribution in [-0.4, -0.2) is 9.55 Å². The topological polar surface area (TPSA) is 17.8 Å². The standard InChI is InChI=1S/C11H16N2/c1-2-4-6-11(5-3-1)9-13-8-7-12-10-13/h3,5,7-8,10-11H,1-2,4,6,9H2. The molecule has 0 amide bonds. The van der Waals surface area contributed by atoms with Gasteiger partial charge in [0.05, 0.1) is 6.33 Å². The maximum Gasteiger partial charge on any atom is 0.0946 e. The van der Waals surface area contributed by atoms with Crippen molar-refractivity contribution in [3.63, 3.8) is 0 Å². The number of allylic oxidation sites excluding steroid dienone is 2. The SMILES string of the molecule is C1=CC(Cn2ccnc2)CCCC1. The lowest BCUT2D eigenvalue weighted by Gasteiger charge is -2.10. The van der Waals surface area contributed by atoms with Crippen LogP contribution < -0.4 is 0 Å². The van der Waals surface area contributed by atoms with Crippen LogP contribution in [-0.2, 0) is 6.54 Å². The Hall–Kier alpha value is -1.05. The summed E-state index contributed by atoms with van der Waals surface area (Å²) >= 11 is 0. The number of rotatable bonds is 2. The van der Waals surface area contributed by atoms with E-state index in [1.165, 1.54) is 25.7 Å². The molecule has 1 atom stereocenters. The third-order valence-electron chi connectivity index (χ3n) is 2.61. The van der Waals surface area contributed by atoms with Crippen LogP contribution in [0.1, 0.15) is 25.7 Å². The molecule has 0 fully saturated rings. The van der Waals surface area contributed by atoms with E-state index >= 15 is 0 Å². The molecule has 0 saturated heterocycles. The predicted octanol–water partition coefficient (Wildman–Crippen LogP) is 2.63. The van der Waals surface area contributed by atoms with Crippen molar-refractivity contribution >= 4 is 0 Å². The summed E-state index contributed by atoms with van der Waals surface area (Å²) in [5.41, 5.74) is 0. The Bertz CT molecular complexity index is 262. The minimum absolute atomic E-state index is 0.719. The molecule has 0 saturated carbocycles. The second-order valence-corrected chi connectivity index (χ2v) is 3.73. The molecular formula is C11H16N2. The second-order valence-electron chi connectivity index (χ2n) is 3.73. The van der Waals surface area contributed by atoms with Crippen molar-refractivity contribution in [2.75, 3.05) is 0 Å². The molecule has 0 bridgehead atoms. The van der Waals surface area contributed by atoms with Crippen molar-refractivity contribution in [3.05, 3.63) is 30.9 Å². The fourth-order valence-corrected chi connectivity index (χ4v) is 1.87. The van der Waals surface area contributed by atoms with Crippen LogP contribution in [0.25, 0.3) is 0 Å². The molecule has 1 aromatic rings. The van der Waals surface area contributed by atoms with Crippen LogP contribution in [0.4, 0.5) is 0 Å². The molecular weight excluding hydrogens is 160 g/mol. The van der Waals surface area contributed by atoms with Gasteiger partial charge in [-0.3, -0.25) is 0 Å². The Balaban J connectivity index is 1.93. The van der Waals surface area contributed by atoms with Crippen molar-refractivity contribution in [3.8, 4) is 0 Å². The van der Waals surface area contributed by atoms with E-state index in [1.54, 1.807) is 0 Å². The highest BCUT2D eigenvalue weighted by Crippen LogP contribution is 2.18. The molecule has 1 aromatic heterocycles. The monoisotopic (exact) mass is 176 g/mol. The summed E-state index contributed by atoms with van der Waals surface area (Å²) in [7, 11) is 0. The molecule has 0 spiro atoms. The van der Waals surface area contributed by atoms with Gasteiger partial charge in [-0.25, -0.2) is 4.98 Å². The Morgan fingerprint density at radius 1 is 1.38 bits per heavy atom. The molecule has 0 aliphatic heterocycles. The first-order chi connectivity index (χ1) is 6.45. The third-order valence-corrected chi connectivity index (χ3v) is 2.61. The molecule has 0 N–H and O–H groups in total. The van der Waals surface area contributed by atoms with Gasteiger partial charge in [0.15, 0.2) is 0 Å². The highest BCUT2D eigenvalue weighted by molar-refractivity contribution is 4.92. The van der Waals surface area contributed by atoms with Crippen molar-refractivity contribution in [1.82, 2.24) is 9.55 Å². The van der Waals surface area contributed by atoms with E-state index in [1.807, 2.05) is 18.7 Å². The molecule has 2 nitrogen and oxygen atoms in total. The van der Waals surface area contributed by atoms with Gasteiger partial charge in [-0.05, 0) is 25.2 Å². The molecule has 1 aliphatic rings. The average Bonchev–Trinajstić information content (AvgIpc) is 2.49. The summed E-state index contributed by atoms with van der Waals surface area (Å²) in [6.07, 6.45) is 15.8. The highest BCUT2D eigenvalue weighted by Gasteiger charge is 2.07. The summed E-state index contributed by atoms with van der Waals surface area (Å²) in [5.74, 6) is 0.719. The van der Waals surface area contributed by atoms with E-state index < -0.39 is 0 Å². The molecule has 1 heterocycles. The fraction of sp³-hybridized carbons (Fsp3) is 0.545. The van der Waals surface area contributed by atoms with Gasteiger partial charge in [0.2, 0.25) is 0 Å². The van der Waals surface area contributed by atoms with Crippen LogP contribution in [0.3, 0.4) is 0 Å². The third kappa shape index (κ3) is 2.44. The van der Waals surface area contributed by atoms with Crippen molar-refractivity contribution in [2.45, 2.75) is 32.2 Å². The summed E-state index contributed by atoms with van der Waals surface area (Å²) < 4.78 is 2.17. The summed E-state index contributed by atoms with van der Waals surface area (Å²) in [6.45, 7) is 1.09. The lowest BCUT2D eigenvalue weighted by molar-refractivity contribution is 0.483. The zero-order valence-electron chi connectivity index (χ0n) is 7.89. The van der Waals surface area contributed by atoms with E-state index in [9.17, 15) is 0 Å². The summed E-state index contributed by atoms with van der Waals surface area (Å²) in [6, 6.07) is 0. The zero-order valence-corrected chi connectivity index (χ0v) is 7.89. The van der Waals surface area contributed by atoms with E-state index in [0.717, 1.165) is 12.5 Å². The largest absolute Gasteiger partial charge is 0.337 e. The Morgan fingerprint density at radius 3 is 3.23 bits per heavy atom. The van der Waals surface area contributed by atoms with Gasteiger partial charge in [-0.15, -0.1) is 0 Å². The maximum atomic E-state index is 4.05. The Labute approximate surface area is 79.3 Å². The lowest BCUT2D eigenvalue weighted by Crippen LogP contribution is -2.06. The fourth-order valence-electron chi connectivity index (χ4n) is 1.87. The molecule has 70 valence electrons.